The van der Waals surface area contributed by atoms with Crippen molar-refractivity contribution in [1.82, 2.24) is 20.4 Å². The Morgan fingerprint density at radius 2 is 1.76 bits per heavy atom. The van der Waals surface area contributed by atoms with Crippen molar-refractivity contribution in [3.63, 3.8) is 0 Å². The van der Waals surface area contributed by atoms with Crippen molar-refractivity contribution in [2.24, 2.45) is 0 Å². The van der Waals surface area contributed by atoms with Gasteiger partial charge in [-0.1, -0.05) is 83.9 Å². The maximum atomic E-state index is 13.6. The van der Waals surface area contributed by atoms with Crippen LogP contribution in [-0.4, -0.2) is 47.3 Å². The summed E-state index contributed by atoms with van der Waals surface area (Å²) in [4.78, 5) is 42.4. The second-order valence-corrected chi connectivity index (χ2v) is 9.96. The van der Waals surface area contributed by atoms with Crippen LogP contribution in [0.5, 0.6) is 0 Å². The van der Waals surface area contributed by atoms with Gasteiger partial charge in [0.15, 0.2) is 0 Å². The second kappa shape index (κ2) is 10.9. The summed E-state index contributed by atoms with van der Waals surface area (Å²) >= 11 is 12.5. The third kappa shape index (κ3) is 4.99. The zero-order valence-electron chi connectivity index (χ0n) is 20.7. The molecular formula is C29H26Cl2N4O3. The van der Waals surface area contributed by atoms with Crippen LogP contribution >= 0.6 is 23.2 Å². The molecule has 0 fully saturated rings. The standard InChI is InChI=1S/C29H26Cl2N4O3/c1-2-35-24-16-34(28(37)26(24)27(33-29(35)38)22-13-12-20(30)14-23(22)31)17-25(36)32-15-19-10-6-7-11-21(19)18-8-4-3-5-9-18/h3-14,27H,2,15-17H2,1H3,(H,32,36)(H,33,38)/t27-/m0/s1. The van der Waals surface area contributed by atoms with Crippen LogP contribution in [0.2, 0.25) is 10.0 Å². The van der Waals surface area contributed by atoms with E-state index in [1.807, 2.05) is 61.5 Å². The highest BCUT2D eigenvalue weighted by Gasteiger charge is 2.44. The molecule has 5 rings (SSSR count). The van der Waals surface area contributed by atoms with Gasteiger partial charge in [0.25, 0.3) is 5.91 Å². The normalized spacial score (nSPS) is 17.0. The molecule has 3 aromatic carbocycles. The molecule has 2 N–H and O–H groups in total. The third-order valence-corrected chi connectivity index (χ3v) is 7.36. The maximum Gasteiger partial charge on any atom is 0.322 e. The van der Waals surface area contributed by atoms with Crippen LogP contribution in [0.4, 0.5) is 4.79 Å². The predicted octanol–water partition coefficient (Wildman–Crippen LogP) is 5.16. The Morgan fingerprint density at radius 3 is 2.50 bits per heavy atom. The first-order chi connectivity index (χ1) is 18.4. The summed E-state index contributed by atoms with van der Waals surface area (Å²) in [5.41, 5.74) is 4.64. The van der Waals surface area contributed by atoms with E-state index in [1.54, 1.807) is 18.2 Å². The number of urea groups is 1. The number of carbonyl (C=O) groups excluding carboxylic acids is 3. The van der Waals surface area contributed by atoms with Gasteiger partial charge in [-0.3, -0.25) is 14.5 Å². The summed E-state index contributed by atoms with van der Waals surface area (Å²) in [5.74, 6) is -0.598. The molecule has 0 saturated carbocycles. The first-order valence-electron chi connectivity index (χ1n) is 12.3. The first kappa shape index (κ1) is 25.8. The Hall–Kier alpha value is -3.81. The third-order valence-electron chi connectivity index (χ3n) is 6.80. The van der Waals surface area contributed by atoms with Crippen molar-refractivity contribution in [3.05, 3.63) is 105 Å². The Bertz CT molecular complexity index is 1440. The van der Waals surface area contributed by atoms with Gasteiger partial charge in [-0.25, -0.2) is 4.79 Å². The molecule has 38 heavy (non-hydrogen) atoms. The lowest BCUT2D eigenvalue weighted by atomic mass is 9.95. The average molecular weight is 549 g/mol. The van der Waals surface area contributed by atoms with E-state index in [0.717, 1.165) is 16.7 Å². The van der Waals surface area contributed by atoms with Gasteiger partial charge in [0.05, 0.1) is 23.9 Å². The number of nitrogens with one attached hydrogen (secondary N) is 2. The predicted molar refractivity (Wildman–Crippen MR) is 147 cm³/mol. The zero-order valence-corrected chi connectivity index (χ0v) is 22.2. The Kier molecular flexibility index (Phi) is 7.40. The van der Waals surface area contributed by atoms with Gasteiger partial charge >= 0.3 is 6.03 Å². The number of likely N-dealkylation sites (N-methyl/N-ethyl adjacent to an activating group) is 1. The molecule has 3 aromatic rings. The molecule has 4 amide bonds. The summed E-state index contributed by atoms with van der Waals surface area (Å²) in [6.45, 7) is 2.57. The van der Waals surface area contributed by atoms with Crippen LogP contribution < -0.4 is 10.6 Å². The van der Waals surface area contributed by atoms with Crippen LogP contribution in [0.15, 0.2) is 84.1 Å². The van der Waals surface area contributed by atoms with Gasteiger partial charge in [0.2, 0.25) is 5.91 Å². The van der Waals surface area contributed by atoms with Gasteiger partial charge in [0.1, 0.15) is 6.54 Å². The molecule has 0 aromatic heterocycles. The Balaban J connectivity index is 1.32. The summed E-state index contributed by atoms with van der Waals surface area (Å²) in [6.07, 6.45) is 0. The maximum absolute atomic E-state index is 13.6. The van der Waals surface area contributed by atoms with Crippen molar-refractivity contribution >= 4 is 41.0 Å². The Labute approximate surface area is 231 Å². The SMILES string of the molecule is CCN1C(=O)N[C@@H](c2ccc(Cl)cc2Cl)C2=C1CN(CC(=O)NCc1ccccc1-c1ccccc1)C2=O. The molecule has 7 nitrogen and oxygen atoms in total. The highest BCUT2D eigenvalue weighted by molar-refractivity contribution is 6.35. The molecule has 1 atom stereocenters. The topological polar surface area (TPSA) is 81.8 Å². The fourth-order valence-electron chi connectivity index (χ4n) is 4.98. The van der Waals surface area contributed by atoms with Crippen LogP contribution in [0.3, 0.4) is 0 Å². The molecule has 0 unspecified atom stereocenters. The molecular weight excluding hydrogens is 523 g/mol. The summed E-state index contributed by atoms with van der Waals surface area (Å²) in [7, 11) is 0. The second-order valence-electron chi connectivity index (χ2n) is 9.11. The van der Waals surface area contributed by atoms with Crippen molar-refractivity contribution in [3.8, 4) is 11.1 Å². The number of hydrogen-bond donors (Lipinski definition) is 2. The number of carbonyl (C=O) groups is 3. The van der Waals surface area contributed by atoms with Crippen LogP contribution in [0, 0.1) is 0 Å². The number of halogens is 2. The Morgan fingerprint density at radius 1 is 1.03 bits per heavy atom. The molecule has 2 aliphatic heterocycles. The van der Waals surface area contributed by atoms with Crippen molar-refractivity contribution < 1.29 is 14.4 Å². The monoisotopic (exact) mass is 548 g/mol. The van der Waals surface area contributed by atoms with E-state index in [-0.39, 0.29) is 30.9 Å². The summed E-state index contributed by atoms with van der Waals surface area (Å²) in [6, 6.07) is 21.7. The van der Waals surface area contributed by atoms with Crippen molar-refractivity contribution in [1.29, 1.82) is 0 Å². The molecule has 2 heterocycles. The molecule has 0 spiro atoms. The highest BCUT2D eigenvalue weighted by Crippen LogP contribution is 2.39. The molecule has 0 bridgehead atoms. The van der Waals surface area contributed by atoms with Gasteiger partial charge in [-0.05, 0) is 41.3 Å². The van der Waals surface area contributed by atoms with Crippen molar-refractivity contribution in [2.45, 2.75) is 19.5 Å². The van der Waals surface area contributed by atoms with E-state index in [2.05, 4.69) is 10.6 Å². The smallest absolute Gasteiger partial charge is 0.322 e. The lowest BCUT2D eigenvalue weighted by Crippen LogP contribution is -2.47. The van der Waals surface area contributed by atoms with Crippen LogP contribution in [0.25, 0.3) is 11.1 Å². The minimum atomic E-state index is -0.733. The van der Waals surface area contributed by atoms with Gasteiger partial charge in [-0.15, -0.1) is 0 Å². The highest BCUT2D eigenvalue weighted by atomic mass is 35.5. The van der Waals surface area contributed by atoms with Gasteiger partial charge in [-0.2, -0.15) is 0 Å². The van der Waals surface area contributed by atoms with Gasteiger partial charge in [0, 0.05) is 23.1 Å². The zero-order chi connectivity index (χ0) is 26.8. The largest absolute Gasteiger partial charge is 0.350 e. The fourth-order valence-corrected chi connectivity index (χ4v) is 5.49. The molecule has 194 valence electrons. The van der Waals surface area contributed by atoms with E-state index in [1.165, 1.54) is 9.80 Å². The van der Waals surface area contributed by atoms with E-state index in [4.69, 9.17) is 23.2 Å². The minimum Gasteiger partial charge on any atom is -0.350 e. The number of rotatable bonds is 7. The average Bonchev–Trinajstić information content (AvgIpc) is 3.23. The van der Waals surface area contributed by atoms with Gasteiger partial charge < -0.3 is 15.5 Å². The number of benzene rings is 3. The summed E-state index contributed by atoms with van der Waals surface area (Å²) in [5, 5.41) is 6.64. The van der Waals surface area contributed by atoms with E-state index >= 15 is 0 Å². The molecule has 0 saturated heterocycles. The lowest BCUT2D eigenvalue weighted by Gasteiger charge is -2.33. The van der Waals surface area contributed by atoms with E-state index < -0.39 is 6.04 Å². The lowest BCUT2D eigenvalue weighted by molar-refractivity contribution is -0.132. The van der Waals surface area contributed by atoms with Crippen LogP contribution in [-0.2, 0) is 16.1 Å². The molecule has 2 aliphatic rings. The quantitative estimate of drug-likeness (QED) is 0.427. The molecule has 0 aliphatic carbocycles. The van der Waals surface area contributed by atoms with Crippen LogP contribution in [0.1, 0.15) is 24.1 Å². The van der Waals surface area contributed by atoms with E-state index in [0.29, 0.717) is 40.0 Å². The molecule has 0 radical (unpaired) electrons. The number of amides is 4. The summed E-state index contributed by atoms with van der Waals surface area (Å²) < 4.78 is 0. The van der Waals surface area contributed by atoms with Crippen molar-refractivity contribution in [2.75, 3.05) is 19.6 Å². The first-order valence-corrected chi connectivity index (χ1v) is 13.1. The van der Waals surface area contributed by atoms with E-state index in [9.17, 15) is 14.4 Å². The fraction of sp³-hybridized carbons (Fsp3) is 0.207. The minimum absolute atomic E-state index is 0.133. The number of hydrogen-bond acceptors (Lipinski definition) is 3. The number of nitrogens with zero attached hydrogens (tertiary/aromatic N) is 2. The molecule has 9 heteroatoms.